The number of hydrogen-bond donors (Lipinski definition) is 2. The van der Waals surface area contributed by atoms with Gasteiger partial charge in [-0.3, -0.25) is 9.10 Å². The Morgan fingerprint density at radius 3 is 1.98 bits per heavy atom. The Kier molecular flexibility index (Phi) is 8.21. The first-order valence-electron chi connectivity index (χ1n) is 12.3. The van der Waals surface area contributed by atoms with E-state index < -0.39 is 32.5 Å². The zero-order valence-electron chi connectivity index (χ0n) is 22.4. The molecule has 0 saturated heterocycles. The molecule has 4 rings (SSSR count). The van der Waals surface area contributed by atoms with Crippen LogP contribution in [0.25, 0.3) is 0 Å². The van der Waals surface area contributed by atoms with Crippen LogP contribution in [-0.2, 0) is 24.8 Å². The highest BCUT2D eigenvalue weighted by atomic mass is 32.2. The molecule has 0 atom stereocenters. The number of sulfonamides is 2. The van der Waals surface area contributed by atoms with E-state index in [1.165, 1.54) is 36.4 Å². The topological polar surface area (TPSA) is 138 Å². The van der Waals surface area contributed by atoms with Crippen LogP contribution in [0.1, 0.15) is 22.5 Å². The maximum Gasteiger partial charge on any atom is 0.264 e. The lowest BCUT2D eigenvalue weighted by molar-refractivity contribution is -0.114. The first-order valence-corrected chi connectivity index (χ1v) is 15.2. The molecule has 3 aromatic carbocycles. The minimum absolute atomic E-state index is 0.0408. The Morgan fingerprint density at radius 2 is 1.38 bits per heavy atom. The van der Waals surface area contributed by atoms with Gasteiger partial charge in [-0.25, -0.2) is 31.5 Å². The lowest BCUT2D eigenvalue weighted by atomic mass is 10.1. The van der Waals surface area contributed by atoms with Crippen molar-refractivity contribution in [3.63, 3.8) is 0 Å². The molecule has 0 aliphatic heterocycles. The fraction of sp³-hybridized carbons (Fsp3) is 0.179. The predicted molar refractivity (Wildman–Crippen MR) is 154 cm³/mol. The highest BCUT2D eigenvalue weighted by molar-refractivity contribution is 7.93. The Hall–Kier alpha value is -4.29. The fourth-order valence-corrected chi connectivity index (χ4v) is 6.29. The van der Waals surface area contributed by atoms with Gasteiger partial charge in [0, 0.05) is 17.1 Å². The predicted octanol–water partition coefficient (Wildman–Crippen LogP) is 4.35. The summed E-state index contributed by atoms with van der Waals surface area (Å²) in [5.74, 6) is -0.643. The highest BCUT2D eigenvalue weighted by Gasteiger charge is 2.27. The van der Waals surface area contributed by atoms with Crippen molar-refractivity contribution >= 4 is 43.3 Å². The average molecular weight is 580 g/mol. The fourth-order valence-electron chi connectivity index (χ4n) is 3.91. The molecular weight excluding hydrogens is 550 g/mol. The maximum atomic E-state index is 13.5. The molecule has 2 N–H and O–H groups in total. The number of carbonyl (C=O) groups is 1. The number of aryl methyl sites for hydroxylation is 4. The molecule has 1 aromatic heterocycles. The molecule has 0 saturated carbocycles. The van der Waals surface area contributed by atoms with Crippen molar-refractivity contribution in [3.8, 4) is 0 Å². The van der Waals surface area contributed by atoms with Crippen LogP contribution >= 0.6 is 0 Å². The Morgan fingerprint density at radius 1 is 0.750 bits per heavy atom. The summed E-state index contributed by atoms with van der Waals surface area (Å²) in [5.41, 5.74) is 3.74. The van der Waals surface area contributed by atoms with Gasteiger partial charge in [-0.2, -0.15) is 0 Å². The van der Waals surface area contributed by atoms with E-state index in [0.29, 0.717) is 22.8 Å². The van der Waals surface area contributed by atoms with Crippen LogP contribution < -0.4 is 14.3 Å². The van der Waals surface area contributed by atoms with Gasteiger partial charge in [0.2, 0.25) is 11.9 Å². The minimum Gasteiger partial charge on any atom is -0.325 e. The molecule has 0 unspecified atom stereocenters. The van der Waals surface area contributed by atoms with Crippen LogP contribution in [-0.4, -0.2) is 39.3 Å². The van der Waals surface area contributed by atoms with Gasteiger partial charge in [-0.05, 0) is 93.4 Å². The quantitative estimate of drug-likeness (QED) is 0.301. The number of carbonyl (C=O) groups excluding carboxylic acids is 1. The molecule has 1 heterocycles. The summed E-state index contributed by atoms with van der Waals surface area (Å²) in [5, 5.41) is 2.65. The number of anilines is 3. The van der Waals surface area contributed by atoms with Gasteiger partial charge in [0.25, 0.3) is 20.0 Å². The Labute approximate surface area is 234 Å². The summed E-state index contributed by atoms with van der Waals surface area (Å²) in [6.07, 6.45) is 0. The van der Waals surface area contributed by atoms with Crippen molar-refractivity contribution < 1.29 is 21.6 Å². The van der Waals surface area contributed by atoms with Crippen molar-refractivity contribution in [1.82, 2.24) is 9.97 Å². The molecule has 0 aliphatic rings. The number of rotatable bonds is 9. The van der Waals surface area contributed by atoms with Gasteiger partial charge in [-0.1, -0.05) is 24.3 Å². The van der Waals surface area contributed by atoms with Gasteiger partial charge in [0.15, 0.2) is 0 Å². The first-order chi connectivity index (χ1) is 18.8. The summed E-state index contributed by atoms with van der Waals surface area (Å²) in [4.78, 5) is 21.2. The van der Waals surface area contributed by atoms with E-state index in [0.717, 1.165) is 15.4 Å². The molecule has 0 radical (unpaired) electrons. The van der Waals surface area contributed by atoms with E-state index in [9.17, 15) is 21.6 Å². The van der Waals surface area contributed by atoms with Crippen LogP contribution in [0.4, 0.5) is 17.3 Å². The van der Waals surface area contributed by atoms with Crippen molar-refractivity contribution in [1.29, 1.82) is 0 Å². The van der Waals surface area contributed by atoms with Crippen molar-refractivity contribution in [2.24, 2.45) is 0 Å². The van der Waals surface area contributed by atoms with Crippen molar-refractivity contribution in [2.45, 2.75) is 37.5 Å². The van der Waals surface area contributed by atoms with Crippen molar-refractivity contribution in [3.05, 3.63) is 101 Å². The molecule has 40 heavy (non-hydrogen) atoms. The number of nitrogens with one attached hydrogen (secondary N) is 2. The van der Waals surface area contributed by atoms with Gasteiger partial charge < -0.3 is 5.32 Å². The third-order valence-electron chi connectivity index (χ3n) is 6.05. The highest BCUT2D eigenvalue weighted by Crippen LogP contribution is 2.26. The Balaban J connectivity index is 1.54. The number of hydrogen-bond acceptors (Lipinski definition) is 7. The summed E-state index contributed by atoms with van der Waals surface area (Å²) in [6, 6.07) is 20.2. The zero-order chi connectivity index (χ0) is 29.1. The summed E-state index contributed by atoms with van der Waals surface area (Å²) in [6.45, 7) is 6.75. The van der Waals surface area contributed by atoms with E-state index in [-0.39, 0.29) is 15.7 Å². The third kappa shape index (κ3) is 6.64. The summed E-state index contributed by atoms with van der Waals surface area (Å²) >= 11 is 0. The standard InChI is InChI=1S/C28H29N5O5S2/c1-19-10-13-24(16-20(19)2)33(40(37,38)26-8-6-5-7-9-26)18-27(34)31-23-11-14-25(15-12-23)39(35,36)32-28-29-21(3)17-22(4)30-28/h5-17H,18H2,1-4H3,(H,31,34)(H,29,30,32). The zero-order valence-corrected chi connectivity index (χ0v) is 24.0. The average Bonchev–Trinajstić information content (AvgIpc) is 2.89. The largest absolute Gasteiger partial charge is 0.325 e. The lowest BCUT2D eigenvalue weighted by Gasteiger charge is -2.25. The third-order valence-corrected chi connectivity index (χ3v) is 9.19. The van der Waals surface area contributed by atoms with Crippen LogP contribution in [0.5, 0.6) is 0 Å². The van der Waals surface area contributed by atoms with Gasteiger partial charge in [-0.15, -0.1) is 0 Å². The van der Waals surface area contributed by atoms with Gasteiger partial charge in [0.1, 0.15) is 6.54 Å². The summed E-state index contributed by atoms with van der Waals surface area (Å²) < 4.78 is 56.1. The van der Waals surface area contributed by atoms with E-state index in [1.54, 1.807) is 56.3 Å². The molecule has 0 fully saturated rings. The molecule has 0 aliphatic carbocycles. The molecule has 10 nitrogen and oxygen atoms in total. The molecule has 0 bridgehead atoms. The molecular formula is C28H29N5O5S2. The van der Waals surface area contributed by atoms with Crippen LogP contribution in [0.3, 0.4) is 0 Å². The monoisotopic (exact) mass is 579 g/mol. The smallest absolute Gasteiger partial charge is 0.264 e. The minimum atomic E-state index is -4.06. The van der Waals surface area contributed by atoms with Crippen LogP contribution in [0.2, 0.25) is 0 Å². The molecule has 1 amide bonds. The normalized spacial score (nSPS) is 11.6. The van der Waals surface area contributed by atoms with Gasteiger partial charge in [0.05, 0.1) is 15.5 Å². The second kappa shape index (κ2) is 11.4. The van der Waals surface area contributed by atoms with Crippen LogP contribution in [0.15, 0.2) is 88.7 Å². The molecule has 4 aromatic rings. The number of nitrogens with zero attached hydrogens (tertiary/aromatic N) is 3. The first kappa shape index (κ1) is 28.7. The number of amides is 1. The van der Waals surface area contributed by atoms with E-state index in [4.69, 9.17) is 0 Å². The van der Waals surface area contributed by atoms with E-state index in [2.05, 4.69) is 20.0 Å². The number of benzene rings is 3. The molecule has 0 spiro atoms. The van der Waals surface area contributed by atoms with Crippen LogP contribution in [0, 0.1) is 27.7 Å². The van der Waals surface area contributed by atoms with E-state index >= 15 is 0 Å². The maximum absolute atomic E-state index is 13.5. The van der Waals surface area contributed by atoms with Crippen molar-refractivity contribution in [2.75, 3.05) is 20.9 Å². The SMILES string of the molecule is Cc1cc(C)nc(NS(=O)(=O)c2ccc(NC(=O)CN(c3ccc(C)c(C)c3)S(=O)(=O)c3ccccc3)cc2)n1. The molecule has 12 heteroatoms. The second-order valence-corrected chi connectivity index (χ2v) is 12.8. The summed E-state index contributed by atoms with van der Waals surface area (Å²) in [7, 11) is -8.04. The van der Waals surface area contributed by atoms with E-state index in [1.807, 2.05) is 13.8 Å². The lowest BCUT2D eigenvalue weighted by Crippen LogP contribution is -2.38. The Bertz CT molecular complexity index is 1740. The number of aromatic nitrogens is 2. The van der Waals surface area contributed by atoms with Gasteiger partial charge >= 0.3 is 0 Å². The second-order valence-electron chi connectivity index (χ2n) is 9.25. The molecule has 208 valence electrons.